The Morgan fingerprint density at radius 1 is 1.06 bits per heavy atom. The molecule has 1 aromatic carbocycles. The molecule has 0 unspecified atom stereocenters. The molecule has 0 atom stereocenters. The summed E-state index contributed by atoms with van der Waals surface area (Å²) in [4.78, 5) is 25.8. The van der Waals surface area contributed by atoms with Gasteiger partial charge in [0.1, 0.15) is 5.69 Å². The number of hydrogen-bond donors (Lipinski definition) is 4. The predicted molar refractivity (Wildman–Crippen MR) is 121 cm³/mol. The number of carbonyl (C=O) groups is 1. The van der Waals surface area contributed by atoms with E-state index in [1.165, 1.54) is 6.07 Å². The number of halogens is 2. The number of H-pyrrole nitrogens is 1. The number of nitrogen functional groups attached to an aromatic ring is 1. The smallest absolute Gasteiger partial charge is 0.352 e. The van der Waals surface area contributed by atoms with Gasteiger partial charge in [0.2, 0.25) is 5.95 Å². The van der Waals surface area contributed by atoms with Crippen LogP contribution in [0, 0.1) is 0 Å². The van der Waals surface area contributed by atoms with Crippen LogP contribution in [0.1, 0.15) is 16.1 Å². The van der Waals surface area contributed by atoms with E-state index in [9.17, 15) is 4.79 Å². The molecule has 0 aliphatic heterocycles. The van der Waals surface area contributed by atoms with E-state index in [0.717, 1.165) is 5.56 Å². The van der Waals surface area contributed by atoms with Crippen molar-refractivity contribution in [3.05, 3.63) is 82.5 Å². The number of pyridine rings is 1. The number of aromatic carboxylic acids is 1. The van der Waals surface area contributed by atoms with E-state index in [1.807, 2.05) is 12.1 Å². The Labute approximate surface area is 187 Å². The van der Waals surface area contributed by atoms with Crippen molar-refractivity contribution in [1.29, 1.82) is 0 Å². The number of nitrogens with two attached hydrogens (primary N) is 2. The maximum absolute atomic E-state index is 11.0. The maximum atomic E-state index is 11.0. The number of rotatable bonds is 4. The molecule has 0 amide bonds. The van der Waals surface area contributed by atoms with Crippen LogP contribution in [0.2, 0.25) is 10.0 Å². The molecule has 158 valence electrons. The third-order valence-electron chi connectivity index (χ3n) is 4.15. The molecule has 6 N–H and O–H groups in total. The van der Waals surface area contributed by atoms with Gasteiger partial charge in [-0.15, -0.1) is 0 Å². The Hall–Kier alpha value is -3.46. The molecule has 0 fully saturated rings. The highest BCUT2D eigenvalue weighted by atomic mass is 35.5. The van der Waals surface area contributed by atoms with Gasteiger partial charge in [-0.25, -0.2) is 14.8 Å². The molecule has 0 aliphatic carbocycles. The number of anilines is 1. The number of aromatic nitrogens is 4. The molecular formula is C21H18Cl2N6O2. The summed E-state index contributed by atoms with van der Waals surface area (Å²) in [7, 11) is 0. The highest BCUT2D eigenvalue weighted by Crippen LogP contribution is 2.34. The first-order valence-electron chi connectivity index (χ1n) is 8.97. The normalized spacial score (nSPS) is 10.3. The molecule has 0 saturated carbocycles. The Bertz CT molecular complexity index is 1180. The number of benzene rings is 1. The van der Waals surface area contributed by atoms with E-state index >= 15 is 0 Å². The van der Waals surface area contributed by atoms with Crippen LogP contribution < -0.4 is 11.5 Å². The first-order chi connectivity index (χ1) is 14.9. The van der Waals surface area contributed by atoms with Gasteiger partial charge in [0.15, 0.2) is 0 Å². The fourth-order valence-corrected chi connectivity index (χ4v) is 3.24. The summed E-state index contributed by atoms with van der Waals surface area (Å²) in [6.45, 7) is 0.600. The van der Waals surface area contributed by atoms with E-state index in [-0.39, 0.29) is 11.6 Å². The van der Waals surface area contributed by atoms with E-state index in [4.69, 9.17) is 39.8 Å². The summed E-state index contributed by atoms with van der Waals surface area (Å²) in [5.74, 6) is -0.986. The van der Waals surface area contributed by atoms with Gasteiger partial charge < -0.3 is 21.6 Å². The van der Waals surface area contributed by atoms with E-state index in [0.29, 0.717) is 39.0 Å². The zero-order valence-electron chi connectivity index (χ0n) is 16.1. The minimum atomic E-state index is -1.06. The van der Waals surface area contributed by atoms with Crippen LogP contribution in [0.4, 0.5) is 5.95 Å². The molecule has 10 heteroatoms. The highest BCUT2D eigenvalue weighted by Gasteiger charge is 2.15. The molecule has 0 saturated heterocycles. The number of aromatic amines is 1. The lowest BCUT2D eigenvalue weighted by Gasteiger charge is -2.09. The second kappa shape index (κ2) is 10.0. The van der Waals surface area contributed by atoms with Crippen molar-refractivity contribution < 1.29 is 9.90 Å². The van der Waals surface area contributed by atoms with Gasteiger partial charge in [-0.3, -0.25) is 4.98 Å². The lowest BCUT2D eigenvalue weighted by molar-refractivity contribution is 0.0691. The summed E-state index contributed by atoms with van der Waals surface area (Å²) in [5.41, 5.74) is 14.6. The Morgan fingerprint density at radius 3 is 2.29 bits per heavy atom. The summed E-state index contributed by atoms with van der Waals surface area (Å²) in [6, 6.07) is 10.3. The zero-order chi connectivity index (χ0) is 22.4. The SMILES string of the molecule is NCc1ccncc1.Nc1ncc(-c2cc(Cl)cc(Cl)c2)c(-c2c[nH]c(C(=O)O)c2)n1. The van der Waals surface area contributed by atoms with Gasteiger partial charge in [0.25, 0.3) is 0 Å². The maximum Gasteiger partial charge on any atom is 0.352 e. The molecule has 0 spiro atoms. The van der Waals surface area contributed by atoms with Crippen LogP contribution in [-0.2, 0) is 6.54 Å². The number of nitrogens with one attached hydrogen (secondary N) is 1. The average molecular weight is 457 g/mol. The molecule has 0 radical (unpaired) electrons. The van der Waals surface area contributed by atoms with Crippen molar-refractivity contribution in [3.63, 3.8) is 0 Å². The number of hydrogen-bond acceptors (Lipinski definition) is 6. The van der Waals surface area contributed by atoms with Crippen molar-refractivity contribution in [2.45, 2.75) is 6.54 Å². The number of carboxylic acid groups (broad SMARTS) is 1. The largest absolute Gasteiger partial charge is 0.477 e. The van der Waals surface area contributed by atoms with Crippen LogP contribution in [0.3, 0.4) is 0 Å². The summed E-state index contributed by atoms with van der Waals surface area (Å²) < 4.78 is 0. The minimum Gasteiger partial charge on any atom is -0.477 e. The zero-order valence-corrected chi connectivity index (χ0v) is 17.6. The average Bonchev–Trinajstić information content (AvgIpc) is 3.25. The molecular weight excluding hydrogens is 439 g/mol. The van der Waals surface area contributed by atoms with E-state index in [2.05, 4.69) is 19.9 Å². The van der Waals surface area contributed by atoms with Crippen LogP contribution in [-0.4, -0.2) is 31.0 Å². The molecule has 4 rings (SSSR count). The van der Waals surface area contributed by atoms with Crippen molar-refractivity contribution >= 4 is 35.1 Å². The predicted octanol–water partition coefficient (Wildman–Crippen LogP) is 4.27. The van der Waals surface area contributed by atoms with Crippen LogP contribution in [0.25, 0.3) is 22.4 Å². The molecule has 0 aliphatic rings. The van der Waals surface area contributed by atoms with Crippen LogP contribution in [0.5, 0.6) is 0 Å². The fourth-order valence-electron chi connectivity index (χ4n) is 2.71. The lowest BCUT2D eigenvalue weighted by Crippen LogP contribution is -1.98. The van der Waals surface area contributed by atoms with Gasteiger partial charge in [-0.2, -0.15) is 0 Å². The lowest BCUT2D eigenvalue weighted by atomic mass is 10.0. The second-order valence-corrected chi connectivity index (χ2v) is 7.19. The third kappa shape index (κ3) is 5.79. The standard InChI is InChI=1S/C15H10Cl2N4O2.C6H8N2/c16-9-1-7(2-10(17)4-9)11-6-20-15(18)21-13(11)8-3-12(14(22)23)19-5-8;7-5-6-1-3-8-4-2-6/h1-6,19H,(H,22,23)(H2,18,20,21);1-4H,5,7H2. The second-order valence-electron chi connectivity index (χ2n) is 6.32. The van der Waals surface area contributed by atoms with Gasteiger partial charge in [-0.1, -0.05) is 23.2 Å². The first kappa shape index (κ1) is 22.2. The summed E-state index contributed by atoms with van der Waals surface area (Å²) >= 11 is 12.1. The van der Waals surface area contributed by atoms with Gasteiger partial charge in [0.05, 0.1) is 5.69 Å². The van der Waals surface area contributed by atoms with E-state index in [1.54, 1.807) is 43.0 Å². The van der Waals surface area contributed by atoms with Gasteiger partial charge >= 0.3 is 5.97 Å². The van der Waals surface area contributed by atoms with Gasteiger partial charge in [0, 0.05) is 52.5 Å². The highest BCUT2D eigenvalue weighted by molar-refractivity contribution is 6.35. The van der Waals surface area contributed by atoms with Crippen LogP contribution >= 0.6 is 23.2 Å². The Kier molecular flexibility index (Phi) is 7.19. The Morgan fingerprint density at radius 2 is 1.74 bits per heavy atom. The molecule has 8 nitrogen and oxygen atoms in total. The van der Waals surface area contributed by atoms with Crippen molar-refractivity contribution in [3.8, 4) is 22.4 Å². The summed E-state index contributed by atoms with van der Waals surface area (Å²) in [5, 5.41) is 9.97. The molecule has 31 heavy (non-hydrogen) atoms. The number of carboxylic acids is 1. The topological polar surface area (TPSA) is 144 Å². The monoisotopic (exact) mass is 456 g/mol. The van der Waals surface area contributed by atoms with Gasteiger partial charge in [-0.05, 0) is 47.5 Å². The molecule has 0 bridgehead atoms. The third-order valence-corrected chi connectivity index (χ3v) is 4.59. The fraction of sp³-hybridized carbons (Fsp3) is 0.0476. The van der Waals surface area contributed by atoms with Crippen molar-refractivity contribution in [1.82, 2.24) is 19.9 Å². The van der Waals surface area contributed by atoms with E-state index < -0.39 is 5.97 Å². The Balaban J connectivity index is 0.000000287. The summed E-state index contributed by atoms with van der Waals surface area (Å²) in [6.07, 6.45) is 6.57. The van der Waals surface area contributed by atoms with Crippen molar-refractivity contribution in [2.75, 3.05) is 5.73 Å². The molecule has 3 heterocycles. The van der Waals surface area contributed by atoms with Crippen molar-refractivity contribution in [2.24, 2.45) is 5.73 Å². The molecule has 4 aromatic rings. The van der Waals surface area contributed by atoms with Crippen LogP contribution in [0.15, 0.2) is 61.2 Å². The molecule has 3 aromatic heterocycles. The minimum absolute atomic E-state index is 0.0484. The quantitative estimate of drug-likeness (QED) is 0.358. The number of nitrogens with zero attached hydrogens (tertiary/aromatic N) is 3. The first-order valence-corrected chi connectivity index (χ1v) is 9.73.